The highest BCUT2D eigenvalue weighted by Crippen LogP contribution is 2.14. The second kappa shape index (κ2) is 4.02. The Bertz CT molecular complexity index is 324. The lowest BCUT2D eigenvalue weighted by Crippen LogP contribution is -2.28. The van der Waals surface area contributed by atoms with E-state index < -0.39 is 0 Å². The summed E-state index contributed by atoms with van der Waals surface area (Å²) in [6.07, 6.45) is 3.76. The third-order valence-electron chi connectivity index (χ3n) is 2.54. The number of rotatable bonds is 2. The van der Waals surface area contributed by atoms with Crippen molar-refractivity contribution in [3.63, 3.8) is 0 Å². The van der Waals surface area contributed by atoms with E-state index in [1.165, 1.54) is 11.3 Å². The van der Waals surface area contributed by atoms with Gasteiger partial charge in [0.05, 0.1) is 0 Å². The molecule has 0 radical (unpaired) electrons. The van der Waals surface area contributed by atoms with E-state index in [1.807, 2.05) is 6.20 Å². The zero-order chi connectivity index (χ0) is 9.97. The first kappa shape index (κ1) is 9.55. The summed E-state index contributed by atoms with van der Waals surface area (Å²) in [6.45, 7) is 2.68. The number of likely N-dealkylation sites (N-methyl/N-ethyl adjacent to an activating group) is 1. The average molecular weight is 192 g/mol. The largest absolute Gasteiger partial charge is 0.330 e. The Morgan fingerprint density at radius 3 is 3.21 bits per heavy atom. The van der Waals surface area contributed by atoms with E-state index in [-0.39, 0.29) is 0 Å². The molecule has 2 heterocycles. The van der Waals surface area contributed by atoms with E-state index in [4.69, 9.17) is 5.73 Å². The fourth-order valence-corrected chi connectivity index (χ4v) is 1.75. The number of aromatic nitrogens is 2. The van der Waals surface area contributed by atoms with Gasteiger partial charge in [0.1, 0.15) is 5.82 Å². The zero-order valence-electron chi connectivity index (χ0n) is 8.53. The van der Waals surface area contributed by atoms with Crippen LogP contribution in [0.4, 0.5) is 0 Å². The Morgan fingerprint density at radius 2 is 2.43 bits per heavy atom. The fraction of sp³-hybridized carbons (Fsp3) is 0.600. The smallest absolute Gasteiger partial charge is 0.129 e. The summed E-state index contributed by atoms with van der Waals surface area (Å²) in [5, 5.41) is 0. The molecule has 0 bridgehead atoms. The number of hydrogen-bond acceptors (Lipinski definition) is 4. The molecule has 0 fully saturated rings. The van der Waals surface area contributed by atoms with Gasteiger partial charge in [-0.3, -0.25) is 0 Å². The molecule has 14 heavy (non-hydrogen) atoms. The lowest BCUT2D eigenvalue weighted by atomic mass is 10.1. The molecular weight excluding hydrogens is 176 g/mol. The molecule has 4 heteroatoms. The summed E-state index contributed by atoms with van der Waals surface area (Å²) in [4.78, 5) is 11.1. The van der Waals surface area contributed by atoms with Crippen molar-refractivity contribution in [2.24, 2.45) is 5.73 Å². The normalized spacial score (nSPS) is 16.7. The molecule has 76 valence electrons. The van der Waals surface area contributed by atoms with Crippen LogP contribution >= 0.6 is 0 Å². The van der Waals surface area contributed by atoms with E-state index in [2.05, 4.69) is 21.9 Å². The van der Waals surface area contributed by atoms with E-state index >= 15 is 0 Å². The molecule has 1 aromatic rings. The Kier molecular flexibility index (Phi) is 2.74. The van der Waals surface area contributed by atoms with Gasteiger partial charge in [-0.05, 0) is 13.6 Å². The molecular formula is C10H16N4. The SMILES string of the molecule is CN1CCc2nc(CCN)ncc2C1. The highest BCUT2D eigenvalue weighted by atomic mass is 15.1. The Labute approximate surface area is 84.2 Å². The zero-order valence-corrected chi connectivity index (χ0v) is 8.53. The second-order valence-corrected chi connectivity index (χ2v) is 3.78. The molecule has 0 spiro atoms. The van der Waals surface area contributed by atoms with Gasteiger partial charge in [-0.15, -0.1) is 0 Å². The molecule has 1 aromatic heterocycles. The van der Waals surface area contributed by atoms with Crippen LogP contribution in [0.5, 0.6) is 0 Å². The second-order valence-electron chi connectivity index (χ2n) is 3.78. The van der Waals surface area contributed by atoms with Crippen LogP contribution in [-0.2, 0) is 19.4 Å². The van der Waals surface area contributed by atoms with Gasteiger partial charge in [0.25, 0.3) is 0 Å². The van der Waals surface area contributed by atoms with Crippen molar-refractivity contribution in [3.05, 3.63) is 23.3 Å². The summed E-state index contributed by atoms with van der Waals surface area (Å²) < 4.78 is 0. The van der Waals surface area contributed by atoms with Gasteiger partial charge in [-0.1, -0.05) is 0 Å². The van der Waals surface area contributed by atoms with E-state index in [9.17, 15) is 0 Å². The minimum Gasteiger partial charge on any atom is -0.330 e. The van der Waals surface area contributed by atoms with Crippen LogP contribution < -0.4 is 5.73 Å². The van der Waals surface area contributed by atoms with E-state index in [1.54, 1.807) is 0 Å². The first-order valence-electron chi connectivity index (χ1n) is 5.02. The summed E-state index contributed by atoms with van der Waals surface area (Å²) in [5.41, 5.74) is 7.94. The van der Waals surface area contributed by atoms with Gasteiger partial charge < -0.3 is 10.6 Å². The Morgan fingerprint density at radius 1 is 1.57 bits per heavy atom. The molecule has 2 N–H and O–H groups in total. The van der Waals surface area contributed by atoms with Crippen molar-refractivity contribution in [3.8, 4) is 0 Å². The van der Waals surface area contributed by atoms with Crippen molar-refractivity contribution in [2.75, 3.05) is 20.1 Å². The molecule has 0 saturated heterocycles. The third-order valence-corrected chi connectivity index (χ3v) is 2.54. The predicted molar refractivity (Wildman–Crippen MR) is 54.8 cm³/mol. The monoisotopic (exact) mass is 192 g/mol. The molecule has 4 nitrogen and oxygen atoms in total. The first-order valence-corrected chi connectivity index (χ1v) is 5.02. The van der Waals surface area contributed by atoms with Gasteiger partial charge in [-0.2, -0.15) is 0 Å². The van der Waals surface area contributed by atoms with Crippen molar-refractivity contribution in [1.29, 1.82) is 0 Å². The van der Waals surface area contributed by atoms with E-state index in [0.717, 1.165) is 31.8 Å². The van der Waals surface area contributed by atoms with Crippen molar-refractivity contribution in [2.45, 2.75) is 19.4 Å². The lowest BCUT2D eigenvalue weighted by Gasteiger charge is -2.23. The molecule has 0 aromatic carbocycles. The maximum Gasteiger partial charge on any atom is 0.129 e. The number of fused-ring (bicyclic) bond motifs is 1. The van der Waals surface area contributed by atoms with Crippen molar-refractivity contribution >= 4 is 0 Å². The third kappa shape index (κ3) is 1.91. The summed E-state index contributed by atoms with van der Waals surface area (Å²) in [6, 6.07) is 0. The van der Waals surface area contributed by atoms with Crippen molar-refractivity contribution < 1.29 is 0 Å². The lowest BCUT2D eigenvalue weighted by molar-refractivity contribution is 0.308. The molecule has 0 aliphatic carbocycles. The minimum absolute atomic E-state index is 0.624. The number of nitrogens with zero attached hydrogens (tertiary/aromatic N) is 3. The van der Waals surface area contributed by atoms with Gasteiger partial charge in [0, 0.05) is 43.4 Å². The predicted octanol–water partition coefficient (Wildman–Crippen LogP) is -0.0343. The van der Waals surface area contributed by atoms with Crippen LogP contribution in [0, 0.1) is 0 Å². The Balaban J connectivity index is 2.22. The molecule has 0 saturated carbocycles. The standard InChI is InChI=1S/C10H16N4/c1-14-5-3-9-8(7-14)6-12-10(13-9)2-4-11/h6H,2-5,7,11H2,1H3. The first-order chi connectivity index (χ1) is 6.79. The van der Waals surface area contributed by atoms with Crippen LogP contribution in [0.25, 0.3) is 0 Å². The number of nitrogens with two attached hydrogens (primary N) is 1. The maximum atomic E-state index is 5.47. The highest BCUT2D eigenvalue weighted by molar-refractivity contribution is 5.20. The van der Waals surface area contributed by atoms with Gasteiger partial charge in [0.15, 0.2) is 0 Å². The topological polar surface area (TPSA) is 55.0 Å². The molecule has 0 atom stereocenters. The summed E-state index contributed by atoms with van der Waals surface area (Å²) in [5.74, 6) is 0.885. The van der Waals surface area contributed by atoms with Crippen LogP contribution in [0.1, 0.15) is 17.1 Å². The molecule has 1 aliphatic rings. The molecule has 1 aliphatic heterocycles. The summed E-state index contributed by atoms with van der Waals surface area (Å²) in [7, 11) is 2.12. The number of hydrogen-bond donors (Lipinski definition) is 1. The van der Waals surface area contributed by atoms with Crippen LogP contribution in [0.2, 0.25) is 0 Å². The van der Waals surface area contributed by atoms with Crippen LogP contribution in [-0.4, -0.2) is 35.0 Å². The quantitative estimate of drug-likeness (QED) is 0.714. The minimum atomic E-state index is 0.624. The molecule has 0 unspecified atom stereocenters. The average Bonchev–Trinajstić information content (AvgIpc) is 2.19. The van der Waals surface area contributed by atoms with Gasteiger partial charge >= 0.3 is 0 Å². The van der Waals surface area contributed by atoms with Crippen LogP contribution in [0.15, 0.2) is 6.20 Å². The maximum absolute atomic E-state index is 5.47. The van der Waals surface area contributed by atoms with Gasteiger partial charge in [-0.25, -0.2) is 9.97 Å². The highest BCUT2D eigenvalue weighted by Gasteiger charge is 2.14. The van der Waals surface area contributed by atoms with Crippen LogP contribution in [0.3, 0.4) is 0 Å². The molecule has 2 rings (SSSR count). The Hall–Kier alpha value is -1.00. The summed E-state index contributed by atoms with van der Waals surface area (Å²) >= 11 is 0. The molecule has 0 amide bonds. The van der Waals surface area contributed by atoms with Gasteiger partial charge in [0.2, 0.25) is 0 Å². The van der Waals surface area contributed by atoms with Crippen molar-refractivity contribution in [1.82, 2.24) is 14.9 Å². The fourth-order valence-electron chi connectivity index (χ4n) is 1.75. The van der Waals surface area contributed by atoms with E-state index in [0.29, 0.717) is 6.54 Å².